The Morgan fingerprint density at radius 1 is 1.31 bits per heavy atom. The Hall–Kier alpha value is -1.40. The van der Waals surface area contributed by atoms with E-state index in [4.69, 9.17) is 5.73 Å². The highest BCUT2D eigenvalue weighted by Gasteiger charge is 2.16. The van der Waals surface area contributed by atoms with Crippen LogP contribution in [0.1, 0.15) is 0 Å². The van der Waals surface area contributed by atoms with Crippen molar-refractivity contribution in [3.05, 3.63) is 11.4 Å². The number of nitrogens with zero attached hydrogens (tertiary/aromatic N) is 3. The van der Waals surface area contributed by atoms with Gasteiger partial charge in [-0.15, -0.1) is 11.3 Å². The Labute approximate surface area is 97.3 Å². The van der Waals surface area contributed by atoms with Crippen LogP contribution in [0.3, 0.4) is 0 Å². The largest absolute Gasteiger partial charge is 0.368 e. The lowest BCUT2D eigenvalue weighted by molar-refractivity contribution is 0.586. The second-order valence-corrected chi connectivity index (χ2v) is 4.68. The van der Waals surface area contributed by atoms with Crippen LogP contribution in [-0.4, -0.2) is 36.1 Å². The fourth-order valence-corrected chi connectivity index (χ4v) is 2.74. The van der Waals surface area contributed by atoms with E-state index in [1.165, 1.54) is 0 Å². The lowest BCUT2D eigenvalue weighted by atomic mass is 10.3. The van der Waals surface area contributed by atoms with Crippen LogP contribution in [0.15, 0.2) is 11.4 Å². The molecule has 0 aliphatic carbocycles. The molecular weight excluding hydrogens is 222 g/mol. The smallest absolute Gasteiger partial charge is 0.223 e. The summed E-state index contributed by atoms with van der Waals surface area (Å²) >= 11 is 1.61. The molecule has 1 fully saturated rings. The third-order valence-corrected chi connectivity index (χ3v) is 3.55. The molecule has 0 atom stereocenters. The Morgan fingerprint density at radius 2 is 2.12 bits per heavy atom. The monoisotopic (exact) mass is 235 g/mol. The zero-order chi connectivity index (χ0) is 11.0. The van der Waals surface area contributed by atoms with Crippen LogP contribution in [0, 0.1) is 0 Å². The Balaban J connectivity index is 2.09. The first-order chi connectivity index (χ1) is 7.84. The minimum Gasteiger partial charge on any atom is -0.368 e. The molecule has 6 heteroatoms. The molecule has 3 heterocycles. The number of aromatic nitrogens is 2. The molecule has 16 heavy (non-hydrogen) atoms. The zero-order valence-electron chi connectivity index (χ0n) is 8.81. The maximum atomic E-state index is 5.73. The predicted octanol–water partition coefficient (Wildman–Crippen LogP) is 0.683. The Bertz CT molecular complexity index is 503. The molecule has 5 nitrogen and oxygen atoms in total. The van der Waals surface area contributed by atoms with E-state index in [2.05, 4.69) is 26.3 Å². The van der Waals surface area contributed by atoms with Crippen molar-refractivity contribution in [3.63, 3.8) is 0 Å². The summed E-state index contributed by atoms with van der Waals surface area (Å²) in [7, 11) is 0. The van der Waals surface area contributed by atoms with Crippen LogP contribution in [0.5, 0.6) is 0 Å². The van der Waals surface area contributed by atoms with E-state index >= 15 is 0 Å². The van der Waals surface area contributed by atoms with Crippen molar-refractivity contribution in [2.75, 3.05) is 36.8 Å². The number of piperazine rings is 1. The van der Waals surface area contributed by atoms with Crippen LogP contribution in [0.4, 0.5) is 11.8 Å². The van der Waals surface area contributed by atoms with E-state index in [1.54, 1.807) is 11.3 Å². The first-order valence-corrected chi connectivity index (χ1v) is 6.19. The third kappa shape index (κ3) is 1.60. The van der Waals surface area contributed by atoms with Crippen LogP contribution >= 0.6 is 11.3 Å². The van der Waals surface area contributed by atoms with Gasteiger partial charge in [-0.2, -0.15) is 4.98 Å². The number of nitrogen functional groups attached to an aromatic ring is 1. The lowest BCUT2D eigenvalue weighted by Crippen LogP contribution is -2.44. The highest BCUT2D eigenvalue weighted by molar-refractivity contribution is 7.16. The summed E-state index contributed by atoms with van der Waals surface area (Å²) in [6, 6.07) is 2.07. The van der Waals surface area contributed by atoms with Crippen molar-refractivity contribution in [2.24, 2.45) is 0 Å². The molecule has 0 saturated carbocycles. The molecule has 0 spiro atoms. The molecule has 0 aromatic carbocycles. The van der Waals surface area contributed by atoms with Gasteiger partial charge in [0.1, 0.15) is 10.6 Å². The minimum atomic E-state index is 0.364. The van der Waals surface area contributed by atoms with Crippen LogP contribution in [0.2, 0.25) is 0 Å². The first kappa shape index (κ1) is 9.80. The molecule has 1 aliphatic heterocycles. The quantitative estimate of drug-likeness (QED) is 0.761. The predicted molar refractivity (Wildman–Crippen MR) is 66.9 cm³/mol. The molecular formula is C10H13N5S. The average Bonchev–Trinajstić information content (AvgIpc) is 2.77. The number of fused-ring (bicyclic) bond motifs is 1. The zero-order valence-corrected chi connectivity index (χ0v) is 9.63. The van der Waals surface area contributed by atoms with Crippen molar-refractivity contribution in [2.45, 2.75) is 0 Å². The normalized spacial score (nSPS) is 16.9. The molecule has 0 radical (unpaired) electrons. The number of hydrogen-bond acceptors (Lipinski definition) is 6. The number of nitrogens with two attached hydrogens (primary N) is 1. The number of hydrogen-bond donors (Lipinski definition) is 2. The van der Waals surface area contributed by atoms with Gasteiger partial charge in [0.25, 0.3) is 0 Å². The molecule has 0 unspecified atom stereocenters. The topological polar surface area (TPSA) is 67.1 Å². The summed E-state index contributed by atoms with van der Waals surface area (Å²) in [5.74, 6) is 1.34. The average molecular weight is 235 g/mol. The highest BCUT2D eigenvalue weighted by atomic mass is 32.1. The molecule has 1 aliphatic rings. The molecule has 0 amide bonds. The lowest BCUT2D eigenvalue weighted by Gasteiger charge is -2.28. The SMILES string of the molecule is Nc1nc(N2CCNCC2)c2ccsc2n1. The third-order valence-electron chi connectivity index (χ3n) is 2.74. The maximum Gasteiger partial charge on any atom is 0.223 e. The summed E-state index contributed by atoms with van der Waals surface area (Å²) in [5.41, 5.74) is 5.73. The van der Waals surface area contributed by atoms with E-state index < -0.39 is 0 Å². The summed E-state index contributed by atoms with van der Waals surface area (Å²) in [6.07, 6.45) is 0. The van der Waals surface area contributed by atoms with E-state index in [0.717, 1.165) is 42.2 Å². The second kappa shape index (κ2) is 3.88. The summed E-state index contributed by atoms with van der Waals surface area (Å²) in [4.78, 5) is 11.8. The van der Waals surface area contributed by atoms with Crippen molar-refractivity contribution in [1.29, 1.82) is 0 Å². The number of rotatable bonds is 1. The van der Waals surface area contributed by atoms with Gasteiger partial charge in [-0.3, -0.25) is 0 Å². The van der Waals surface area contributed by atoms with Gasteiger partial charge in [0, 0.05) is 26.2 Å². The van der Waals surface area contributed by atoms with E-state index in [-0.39, 0.29) is 0 Å². The maximum absolute atomic E-state index is 5.73. The highest BCUT2D eigenvalue weighted by Crippen LogP contribution is 2.28. The summed E-state index contributed by atoms with van der Waals surface area (Å²) in [6.45, 7) is 3.94. The molecule has 2 aromatic rings. The molecule has 2 aromatic heterocycles. The molecule has 3 rings (SSSR count). The summed E-state index contributed by atoms with van der Waals surface area (Å²) in [5, 5.41) is 6.47. The minimum absolute atomic E-state index is 0.364. The van der Waals surface area contributed by atoms with E-state index in [9.17, 15) is 0 Å². The fourth-order valence-electron chi connectivity index (χ4n) is 1.97. The Morgan fingerprint density at radius 3 is 2.94 bits per heavy atom. The van der Waals surface area contributed by atoms with Gasteiger partial charge < -0.3 is 16.0 Å². The summed E-state index contributed by atoms with van der Waals surface area (Å²) < 4.78 is 0. The Kier molecular flexibility index (Phi) is 2.37. The van der Waals surface area contributed by atoms with Crippen molar-refractivity contribution < 1.29 is 0 Å². The van der Waals surface area contributed by atoms with Crippen LogP contribution in [0.25, 0.3) is 10.2 Å². The van der Waals surface area contributed by atoms with Crippen LogP contribution in [-0.2, 0) is 0 Å². The van der Waals surface area contributed by atoms with Gasteiger partial charge in [0.15, 0.2) is 0 Å². The van der Waals surface area contributed by atoms with Gasteiger partial charge in [-0.25, -0.2) is 4.98 Å². The molecule has 84 valence electrons. The molecule has 1 saturated heterocycles. The van der Waals surface area contributed by atoms with E-state index in [1.807, 2.05) is 5.38 Å². The van der Waals surface area contributed by atoms with Crippen molar-refractivity contribution in [1.82, 2.24) is 15.3 Å². The second-order valence-electron chi connectivity index (χ2n) is 3.78. The van der Waals surface area contributed by atoms with Gasteiger partial charge in [0.2, 0.25) is 5.95 Å². The van der Waals surface area contributed by atoms with E-state index in [0.29, 0.717) is 5.95 Å². The fraction of sp³-hybridized carbons (Fsp3) is 0.400. The number of nitrogens with one attached hydrogen (secondary N) is 1. The first-order valence-electron chi connectivity index (χ1n) is 5.31. The van der Waals surface area contributed by atoms with Gasteiger partial charge in [0.05, 0.1) is 5.39 Å². The molecule has 3 N–H and O–H groups in total. The number of thiophene rings is 1. The van der Waals surface area contributed by atoms with Gasteiger partial charge in [-0.1, -0.05) is 0 Å². The van der Waals surface area contributed by atoms with Gasteiger partial charge in [-0.05, 0) is 11.4 Å². The van der Waals surface area contributed by atoms with Crippen molar-refractivity contribution in [3.8, 4) is 0 Å². The van der Waals surface area contributed by atoms with Crippen LogP contribution < -0.4 is 16.0 Å². The number of anilines is 2. The van der Waals surface area contributed by atoms with Gasteiger partial charge >= 0.3 is 0 Å². The molecule has 0 bridgehead atoms. The standard InChI is InChI=1S/C10H13N5S/c11-10-13-8(15-4-2-12-3-5-15)7-1-6-16-9(7)14-10/h1,6,12H,2-5H2,(H2,11,13,14). The van der Waals surface area contributed by atoms with Crippen molar-refractivity contribution >= 4 is 33.3 Å².